The minimum Gasteiger partial charge on any atom is -0.330 e. The zero-order chi connectivity index (χ0) is 9.52. The van der Waals surface area contributed by atoms with Crippen molar-refractivity contribution in [1.29, 1.82) is 0 Å². The summed E-state index contributed by atoms with van der Waals surface area (Å²) in [7, 11) is 0. The molecule has 70 valence electrons. The molecule has 13 heavy (non-hydrogen) atoms. The number of nitrogens with two attached hydrogens (primary N) is 1. The van der Waals surface area contributed by atoms with Crippen LogP contribution in [0.4, 0.5) is 0 Å². The fourth-order valence-electron chi connectivity index (χ4n) is 0.982. The summed E-state index contributed by atoms with van der Waals surface area (Å²) in [5.41, 5.74) is 5.87. The van der Waals surface area contributed by atoms with Crippen molar-refractivity contribution in [2.45, 2.75) is 19.3 Å². The van der Waals surface area contributed by atoms with E-state index in [4.69, 9.17) is 5.73 Å². The van der Waals surface area contributed by atoms with Crippen LogP contribution in [0.5, 0.6) is 0 Å². The molecule has 0 aromatic carbocycles. The molecule has 0 aliphatic carbocycles. The van der Waals surface area contributed by atoms with Crippen LogP contribution in [0.3, 0.4) is 0 Å². The van der Waals surface area contributed by atoms with Gasteiger partial charge >= 0.3 is 0 Å². The van der Waals surface area contributed by atoms with Crippen LogP contribution in [0, 0.1) is 0 Å². The van der Waals surface area contributed by atoms with Crippen LogP contribution in [0.2, 0.25) is 0 Å². The molecular formula is C9H13N3O. The molecule has 1 aromatic rings. The van der Waals surface area contributed by atoms with Gasteiger partial charge in [0.15, 0.2) is 6.29 Å². The first-order chi connectivity index (χ1) is 6.36. The number of rotatable bonds is 5. The number of nitrogens with zero attached hydrogens (tertiary/aromatic N) is 2. The number of aromatic nitrogens is 2. The molecule has 0 fully saturated rings. The Labute approximate surface area is 77.2 Å². The van der Waals surface area contributed by atoms with Crippen LogP contribution >= 0.6 is 0 Å². The number of unbranched alkanes of at least 4 members (excludes halogenated alkanes) is 1. The second kappa shape index (κ2) is 5.37. The molecule has 0 aliphatic heterocycles. The first-order valence-corrected chi connectivity index (χ1v) is 4.33. The Morgan fingerprint density at radius 3 is 2.54 bits per heavy atom. The van der Waals surface area contributed by atoms with Crippen molar-refractivity contribution in [3.63, 3.8) is 0 Å². The van der Waals surface area contributed by atoms with E-state index in [9.17, 15) is 4.79 Å². The summed E-state index contributed by atoms with van der Waals surface area (Å²) in [5, 5.41) is 0. The van der Waals surface area contributed by atoms with Crippen LogP contribution in [0.1, 0.15) is 29.0 Å². The van der Waals surface area contributed by atoms with E-state index in [2.05, 4.69) is 9.97 Å². The number of carbonyl (C=O) groups excluding carboxylic acids is 1. The van der Waals surface area contributed by atoms with Gasteiger partial charge in [-0.1, -0.05) is 0 Å². The standard InChI is InChI=1S/C9H13N3O/c10-4-2-1-3-9-11-5-8(7-13)6-12-9/h5-7H,1-4,10H2. The normalized spacial score (nSPS) is 9.92. The molecule has 0 amide bonds. The maximum absolute atomic E-state index is 10.3. The Balaban J connectivity index is 2.44. The highest BCUT2D eigenvalue weighted by Gasteiger charge is 1.96. The topological polar surface area (TPSA) is 68.9 Å². The summed E-state index contributed by atoms with van der Waals surface area (Å²) < 4.78 is 0. The van der Waals surface area contributed by atoms with Crippen LogP contribution in [-0.2, 0) is 6.42 Å². The lowest BCUT2D eigenvalue weighted by molar-refractivity contribution is 0.112. The van der Waals surface area contributed by atoms with Crippen LogP contribution < -0.4 is 5.73 Å². The highest BCUT2D eigenvalue weighted by molar-refractivity contribution is 5.73. The Morgan fingerprint density at radius 1 is 1.31 bits per heavy atom. The van der Waals surface area contributed by atoms with Crippen molar-refractivity contribution in [3.05, 3.63) is 23.8 Å². The molecule has 4 nitrogen and oxygen atoms in total. The number of aldehydes is 1. The maximum Gasteiger partial charge on any atom is 0.153 e. The van der Waals surface area contributed by atoms with E-state index in [0.717, 1.165) is 31.4 Å². The number of hydrogen-bond donors (Lipinski definition) is 1. The van der Waals surface area contributed by atoms with Gasteiger partial charge < -0.3 is 5.73 Å². The van der Waals surface area contributed by atoms with Gasteiger partial charge in [-0.25, -0.2) is 9.97 Å². The third-order valence-corrected chi connectivity index (χ3v) is 1.72. The van der Waals surface area contributed by atoms with E-state index in [1.165, 1.54) is 12.4 Å². The van der Waals surface area contributed by atoms with E-state index in [0.29, 0.717) is 12.1 Å². The van der Waals surface area contributed by atoms with Crippen LogP contribution in [0.25, 0.3) is 0 Å². The molecule has 1 rings (SSSR count). The molecule has 4 heteroatoms. The largest absolute Gasteiger partial charge is 0.330 e. The van der Waals surface area contributed by atoms with E-state index < -0.39 is 0 Å². The zero-order valence-electron chi connectivity index (χ0n) is 7.44. The average molecular weight is 179 g/mol. The lowest BCUT2D eigenvalue weighted by Gasteiger charge is -1.97. The van der Waals surface area contributed by atoms with Gasteiger partial charge in [0.25, 0.3) is 0 Å². The Bertz CT molecular complexity index is 258. The van der Waals surface area contributed by atoms with Crippen molar-refractivity contribution >= 4 is 6.29 Å². The monoisotopic (exact) mass is 179 g/mol. The minimum absolute atomic E-state index is 0.516. The molecule has 0 radical (unpaired) electrons. The van der Waals surface area contributed by atoms with Crippen molar-refractivity contribution < 1.29 is 4.79 Å². The van der Waals surface area contributed by atoms with Crippen LogP contribution in [-0.4, -0.2) is 22.8 Å². The van der Waals surface area contributed by atoms with E-state index in [-0.39, 0.29) is 0 Å². The second-order valence-corrected chi connectivity index (χ2v) is 2.80. The van der Waals surface area contributed by atoms with Gasteiger partial charge in [-0.05, 0) is 19.4 Å². The Morgan fingerprint density at radius 2 is 2.00 bits per heavy atom. The van der Waals surface area contributed by atoms with Gasteiger partial charge in [-0.3, -0.25) is 4.79 Å². The molecule has 0 unspecified atom stereocenters. The average Bonchev–Trinajstić information content (AvgIpc) is 2.19. The summed E-state index contributed by atoms with van der Waals surface area (Å²) in [6.07, 6.45) is 6.63. The zero-order valence-corrected chi connectivity index (χ0v) is 7.44. The fourth-order valence-corrected chi connectivity index (χ4v) is 0.982. The lowest BCUT2D eigenvalue weighted by atomic mass is 10.2. The number of aryl methyl sites for hydroxylation is 1. The molecule has 0 bridgehead atoms. The fraction of sp³-hybridized carbons (Fsp3) is 0.444. The Hall–Kier alpha value is -1.29. The predicted molar refractivity (Wildman–Crippen MR) is 49.4 cm³/mol. The molecule has 0 aliphatic rings. The predicted octanol–water partition coefficient (Wildman–Crippen LogP) is 0.571. The molecule has 1 aromatic heterocycles. The highest BCUT2D eigenvalue weighted by atomic mass is 16.1. The summed E-state index contributed by atoms with van der Waals surface area (Å²) in [4.78, 5) is 18.4. The summed E-state index contributed by atoms with van der Waals surface area (Å²) in [6, 6.07) is 0. The van der Waals surface area contributed by atoms with Crippen LogP contribution in [0.15, 0.2) is 12.4 Å². The lowest BCUT2D eigenvalue weighted by Crippen LogP contribution is -2.01. The van der Waals surface area contributed by atoms with Gasteiger partial charge in [0, 0.05) is 18.8 Å². The van der Waals surface area contributed by atoms with E-state index in [1.54, 1.807) is 0 Å². The SMILES string of the molecule is NCCCCc1ncc(C=O)cn1. The van der Waals surface area contributed by atoms with Crippen molar-refractivity contribution in [2.24, 2.45) is 5.73 Å². The quantitative estimate of drug-likeness (QED) is 0.530. The summed E-state index contributed by atoms with van der Waals surface area (Å²) >= 11 is 0. The molecule has 0 atom stereocenters. The third kappa shape index (κ3) is 3.29. The van der Waals surface area contributed by atoms with Gasteiger partial charge in [0.05, 0.1) is 5.56 Å². The minimum atomic E-state index is 0.516. The Kier molecular flexibility index (Phi) is 4.05. The molecule has 0 saturated heterocycles. The molecule has 0 spiro atoms. The number of hydrogen-bond acceptors (Lipinski definition) is 4. The maximum atomic E-state index is 10.3. The van der Waals surface area contributed by atoms with Gasteiger partial charge in [-0.2, -0.15) is 0 Å². The third-order valence-electron chi connectivity index (χ3n) is 1.72. The molecule has 0 saturated carbocycles. The van der Waals surface area contributed by atoms with Crippen molar-refractivity contribution in [3.8, 4) is 0 Å². The van der Waals surface area contributed by atoms with Crippen molar-refractivity contribution in [2.75, 3.05) is 6.54 Å². The first kappa shape index (κ1) is 9.80. The summed E-state index contributed by atoms with van der Waals surface area (Å²) in [6.45, 7) is 0.701. The van der Waals surface area contributed by atoms with E-state index in [1.807, 2.05) is 0 Å². The van der Waals surface area contributed by atoms with E-state index >= 15 is 0 Å². The highest BCUT2D eigenvalue weighted by Crippen LogP contribution is 1.98. The first-order valence-electron chi connectivity index (χ1n) is 4.33. The summed E-state index contributed by atoms with van der Waals surface area (Å²) in [5.74, 6) is 0.777. The second-order valence-electron chi connectivity index (χ2n) is 2.80. The molecular weight excluding hydrogens is 166 g/mol. The molecule has 1 heterocycles. The smallest absolute Gasteiger partial charge is 0.153 e. The van der Waals surface area contributed by atoms with Gasteiger partial charge in [0.2, 0.25) is 0 Å². The number of carbonyl (C=O) groups is 1. The van der Waals surface area contributed by atoms with Gasteiger partial charge in [-0.15, -0.1) is 0 Å². The van der Waals surface area contributed by atoms with Crippen molar-refractivity contribution in [1.82, 2.24) is 9.97 Å². The van der Waals surface area contributed by atoms with Gasteiger partial charge in [0.1, 0.15) is 5.82 Å². The molecule has 2 N–H and O–H groups in total.